The van der Waals surface area contributed by atoms with Gasteiger partial charge in [0.15, 0.2) is 0 Å². The Hall–Kier alpha value is -1.76. The lowest BCUT2D eigenvalue weighted by Crippen LogP contribution is -2.44. The molecule has 2 atom stereocenters. The summed E-state index contributed by atoms with van der Waals surface area (Å²) in [6.45, 7) is 3.69. The van der Waals surface area contributed by atoms with Gasteiger partial charge in [-0.1, -0.05) is 19.1 Å². The van der Waals surface area contributed by atoms with Crippen LogP contribution in [0.2, 0.25) is 0 Å². The van der Waals surface area contributed by atoms with Crippen LogP contribution >= 0.6 is 0 Å². The number of nitrogens with zero attached hydrogens (tertiary/aromatic N) is 1. The number of benzene rings is 1. The number of halogens is 3. The Bertz CT molecular complexity index is 491. The molecule has 0 aliphatic heterocycles. The molecule has 1 rings (SSSR count). The molecule has 1 aromatic rings. The lowest BCUT2D eigenvalue weighted by molar-refractivity contribution is -0.202. The van der Waals surface area contributed by atoms with E-state index in [0.29, 0.717) is 11.3 Å². The number of carbonyl (C=O) groups is 1. The minimum absolute atomic E-state index is 0.0168. The highest BCUT2D eigenvalue weighted by Crippen LogP contribution is 2.28. The van der Waals surface area contributed by atoms with Crippen molar-refractivity contribution in [2.24, 2.45) is 0 Å². The van der Waals surface area contributed by atoms with Gasteiger partial charge < -0.3 is 15.3 Å². The average Bonchev–Trinajstić information content (AvgIpc) is 2.44. The molecule has 0 radical (unpaired) electrons. The van der Waals surface area contributed by atoms with E-state index in [1.165, 1.54) is 18.2 Å². The summed E-state index contributed by atoms with van der Waals surface area (Å²) in [5.74, 6) is -0.471. The quantitative estimate of drug-likeness (QED) is 0.822. The van der Waals surface area contributed by atoms with Crippen LogP contribution in [0.3, 0.4) is 0 Å². The highest BCUT2D eigenvalue weighted by atomic mass is 19.4. The van der Waals surface area contributed by atoms with Crippen LogP contribution in [0.15, 0.2) is 24.3 Å². The van der Waals surface area contributed by atoms with Crippen LogP contribution in [0.5, 0.6) is 0 Å². The van der Waals surface area contributed by atoms with Gasteiger partial charge in [0.25, 0.3) is 5.91 Å². The third-order valence-corrected chi connectivity index (χ3v) is 3.18. The topological polar surface area (TPSA) is 52.6 Å². The van der Waals surface area contributed by atoms with Gasteiger partial charge in [0.1, 0.15) is 0 Å². The van der Waals surface area contributed by atoms with Crippen molar-refractivity contribution in [1.82, 2.24) is 5.32 Å². The number of para-hydroxylation sites is 1. The van der Waals surface area contributed by atoms with Gasteiger partial charge in [-0.25, -0.2) is 0 Å². The third-order valence-electron chi connectivity index (χ3n) is 3.18. The normalized spacial score (nSPS) is 14.4. The standard InChI is InChI=1S/C14H19F3N2O2/c1-4-9(2)18-12(20)10-7-5-6-8-11(10)19(3)13(21)14(15,16)17/h5-9,13,21H,4H2,1-3H3,(H,18,20)/t9-,13?/m1/s1. The van der Waals surface area contributed by atoms with Gasteiger partial charge in [-0.3, -0.25) is 4.79 Å². The van der Waals surface area contributed by atoms with Crippen molar-refractivity contribution in [3.63, 3.8) is 0 Å². The van der Waals surface area contributed by atoms with Gasteiger partial charge in [0.05, 0.1) is 11.3 Å². The fourth-order valence-electron chi connectivity index (χ4n) is 1.73. The van der Waals surface area contributed by atoms with E-state index in [9.17, 15) is 23.1 Å². The molecule has 0 saturated heterocycles. The van der Waals surface area contributed by atoms with E-state index in [2.05, 4.69) is 5.32 Å². The van der Waals surface area contributed by atoms with Gasteiger partial charge in [-0.2, -0.15) is 13.2 Å². The van der Waals surface area contributed by atoms with Gasteiger partial charge in [-0.05, 0) is 25.5 Å². The van der Waals surface area contributed by atoms with Crippen molar-refractivity contribution < 1.29 is 23.1 Å². The molecule has 1 aromatic carbocycles. The van der Waals surface area contributed by atoms with E-state index in [4.69, 9.17) is 0 Å². The van der Waals surface area contributed by atoms with Crippen LogP contribution in [0.25, 0.3) is 0 Å². The first-order chi connectivity index (χ1) is 9.68. The molecule has 0 bridgehead atoms. The number of carbonyl (C=O) groups excluding carboxylic acids is 1. The number of anilines is 1. The minimum atomic E-state index is -4.80. The lowest BCUT2D eigenvalue weighted by atomic mass is 10.1. The van der Waals surface area contributed by atoms with Crippen LogP contribution in [0.1, 0.15) is 30.6 Å². The van der Waals surface area contributed by atoms with Crippen molar-refractivity contribution in [3.8, 4) is 0 Å². The largest absolute Gasteiger partial charge is 0.433 e. The van der Waals surface area contributed by atoms with Gasteiger partial charge >= 0.3 is 6.18 Å². The Labute approximate surface area is 121 Å². The van der Waals surface area contributed by atoms with Gasteiger partial charge in [-0.15, -0.1) is 0 Å². The molecule has 0 spiro atoms. The predicted octanol–water partition coefficient (Wildman–Crippen LogP) is 2.53. The molecule has 0 aromatic heterocycles. The molecule has 4 nitrogen and oxygen atoms in total. The smallest absolute Gasteiger partial charge is 0.366 e. The number of hydrogen-bond donors (Lipinski definition) is 2. The lowest BCUT2D eigenvalue weighted by Gasteiger charge is -2.29. The molecular weight excluding hydrogens is 285 g/mol. The SMILES string of the molecule is CC[C@@H](C)NC(=O)c1ccccc1N(C)C(O)C(F)(F)F. The maximum absolute atomic E-state index is 12.6. The zero-order valence-electron chi connectivity index (χ0n) is 12.1. The molecule has 21 heavy (non-hydrogen) atoms. The Morgan fingerprint density at radius 1 is 1.38 bits per heavy atom. The van der Waals surface area contributed by atoms with Crippen molar-refractivity contribution in [2.75, 3.05) is 11.9 Å². The summed E-state index contributed by atoms with van der Waals surface area (Å²) in [6.07, 6.45) is -6.76. The van der Waals surface area contributed by atoms with Gasteiger partial charge in [0.2, 0.25) is 6.23 Å². The average molecular weight is 304 g/mol. The molecule has 118 valence electrons. The summed E-state index contributed by atoms with van der Waals surface area (Å²) in [4.78, 5) is 12.7. The van der Waals surface area contributed by atoms with Crippen molar-refractivity contribution >= 4 is 11.6 Å². The molecule has 7 heteroatoms. The Morgan fingerprint density at radius 3 is 2.48 bits per heavy atom. The summed E-state index contributed by atoms with van der Waals surface area (Å²) >= 11 is 0. The van der Waals surface area contributed by atoms with Crippen molar-refractivity contribution in [2.45, 2.75) is 38.7 Å². The van der Waals surface area contributed by atoms with E-state index >= 15 is 0 Å². The summed E-state index contributed by atoms with van der Waals surface area (Å²) in [5.41, 5.74) is 0.103. The Morgan fingerprint density at radius 2 is 1.95 bits per heavy atom. The predicted molar refractivity (Wildman–Crippen MR) is 74.1 cm³/mol. The van der Waals surface area contributed by atoms with Crippen LogP contribution in [-0.4, -0.2) is 36.5 Å². The maximum Gasteiger partial charge on any atom is 0.433 e. The first-order valence-electron chi connectivity index (χ1n) is 6.56. The number of amides is 1. The summed E-state index contributed by atoms with van der Waals surface area (Å²) in [6, 6.07) is 5.76. The number of rotatable bonds is 5. The van der Waals surface area contributed by atoms with Crippen LogP contribution in [0.4, 0.5) is 18.9 Å². The van der Waals surface area contributed by atoms with Crippen molar-refractivity contribution in [3.05, 3.63) is 29.8 Å². The Kier molecular flexibility index (Phi) is 5.60. The van der Waals surface area contributed by atoms with E-state index in [1.807, 2.05) is 6.92 Å². The molecule has 0 saturated carbocycles. The number of nitrogens with one attached hydrogen (secondary N) is 1. The second kappa shape index (κ2) is 6.80. The summed E-state index contributed by atoms with van der Waals surface area (Å²) in [7, 11) is 1.09. The molecule has 1 amide bonds. The first kappa shape index (κ1) is 17.3. The molecule has 1 unspecified atom stereocenters. The van der Waals surface area contributed by atoms with Crippen LogP contribution in [-0.2, 0) is 0 Å². The molecule has 0 heterocycles. The first-order valence-corrected chi connectivity index (χ1v) is 6.56. The molecule has 0 fully saturated rings. The van der Waals surface area contributed by atoms with E-state index in [0.717, 1.165) is 7.05 Å². The van der Waals surface area contributed by atoms with E-state index in [-0.39, 0.29) is 17.3 Å². The fraction of sp³-hybridized carbons (Fsp3) is 0.500. The highest BCUT2D eigenvalue weighted by molar-refractivity contribution is 5.99. The van der Waals surface area contributed by atoms with Gasteiger partial charge in [0, 0.05) is 13.1 Å². The Balaban J connectivity index is 3.07. The number of hydrogen-bond acceptors (Lipinski definition) is 3. The molecule has 0 aliphatic rings. The number of aliphatic hydroxyl groups is 1. The molecular formula is C14H19F3N2O2. The van der Waals surface area contributed by atoms with Crippen LogP contribution < -0.4 is 10.2 Å². The number of alkyl halides is 3. The van der Waals surface area contributed by atoms with Crippen LogP contribution in [0, 0.1) is 0 Å². The third kappa shape index (κ3) is 4.35. The molecule has 2 N–H and O–H groups in total. The maximum atomic E-state index is 12.6. The zero-order chi connectivity index (χ0) is 16.2. The van der Waals surface area contributed by atoms with E-state index in [1.54, 1.807) is 13.0 Å². The highest BCUT2D eigenvalue weighted by Gasteiger charge is 2.42. The molecule has 0 aliphatic carbocycles. The number of aliphatic hydroxyl groups excluding tert-OH is 1. The second-order valence-electron chi connectivity index (χ2n) is 4.83. The summed E-state index contributed by atoms with van der Waals surface area (Å²) in [5, 5.41) is 12.0. The monoisotopic (exact) mass is 304 g/mol. The van der Waals surface area contributed by atoms with Crippen molar-refractivity contribution in [1.29, 1.82) is 0 Å². The fourth-order valence-corrected chi connectivity index (χ4v) is 1.73. The second-order valence-corrected chi connectivity index (χ2v) is 4.83. The minimum Gasteiger partial charge on any atom is -0.366 e. The zero-order valence-corrected chi connectivity index (χ0v) is 12.1. The summed E-state index contributed by atoms with van der Waals surface area (Å²) < 4.78 is 37.8. The van der Waals surface area contributed by atoms with E-state index < -0.39 is 18.3 Å².